The van der Waals surface area contributed by atoms with Gasteiger partial charge in [-0.25, -0.2) is 0 Å². The van der Waals surface area contributed by atoms with Crippen LogP contribution in [0.25, 0.3) is 0 Å². The highest BCUT2D eigenvalue weighted by Gasteiger charge is 2.16. The van der Waals surface area contributed by atoms with Crippen LogP contribution in [-0.2, 0) is 0 Å². The van der Waals surface area contributed by atoms with Crippen LogP contribution in [0.2, 0.25) is 25.7 Å². The van der Waals surface area contributed by atoms with Crippen LogP contribution < -0.4 is 0 Å². The first-order chi connectivity index (χ1) is 5.24. The van der Waals surface area contributed by atoms with E-state index in [1.807, 2.05) is 0 Å². The second-order valence-electron chi connectivity index (χ2n) is 5.00. The summed E-state index contributed by atoms with van der Waals surface area (Å²) in [6.45, 7) is 17.7. The topological polar surface area (TPSA) is 0 Å². The highest BCUT2D eigenvalue weighted by molar-refractivity contribution is 6.76. The van der Waals surface area contributed by atoms with Gasteiger partial charge in [-0.1, -0.05) is 37.4 Å². The van der Waals surface area contributed by atoms with Crippen molar-refractivity contribution in [1.29, 1.82) is 0 Å². The highest BCUT2D eigenvalue weighted by Crippen LogP contribution is 2.24. The first-order valence-electron chi connectivity index (χ1n) is 4.56. The molecule has 0 bridgehead atoms. The first kappa shape index (κ1) is 11.7. The second kappa shape index (κ2) is 4.08. The van der Waals surface area contributed by atoms with Gasteiger partial charge in [-0.15, -0.1) is 0 Å². The molecule has 0 heterocycles. The average molecular weight is 182 g/mol. The number of rotatable bonds is 3. The number of allylic oxidation sites excluding steroid dienone is 3. The van der Waals surface area contributed by atoms with Gasteiger partial charge >= 0.3 is 0 Å². The fourth-order valence-corrected chi connectivity index (χ4v) is 3.00. The summed E-state index contributed by atoms with van der Waals surface area (Å²) in [7, 11) is -0.965. The van der Waals surface area contributed by atoms with Crippen LogP contribution in [0.15, 0.2) is 23.3 Å². The molecule has 0 aliphatic carbocycles. The zero-order valence-corrected chi connectivity index (χ0v) is 10.4. The van der Waals surface area contributed by atoms with Crippen LogP contribution in [-0.4, -0.2) is 8.07 Å². The Morgan fingerprint density at radius 1 is 1.08 bits per heavy atom. The normalized spacial score (nSPS) is 11.2. The lowest BCUT2D eigenvalue weighted by Crippen LogP contribution is -2.20. The predicted molar refractivity (Wildman–Crippen MR) is 61.3 cm³/mol. The molecule has 70 valence electrons. The Balaban J connectivity index is 4.60. The van der Waals surface area contributed by atoms with E-state index in [1.165, 1.54) is 22.8 Å². The molecule has 0 spiro atoms. The summed E-state index contributed by atoms with van der Waals surface area (Å²) in [5.41, 5.74) is 4.18. The van der Waals surface area contributed by atoms with Gasteiger partial charge in [0.2, 0.25) is 0 Å². The van der Waals surface area contributed by atoms with E-state index in [9.17, 15) is 0 Å². The van der Waals surface area contributed by atoms with E-state index in [1.54, 1.807) is 0 Å². The molecular weight excluding hydrogens is 160 g/mol. The van der Waals surface area contributed by atoms with Crippen LogP contribution >= 0.6 is 0 Å². The molecule has 0 unspecified atom stereocenters. The molecule has 0 aromatic carbocycles. The Bertz CT molecular complexity index is 200. The lowest BCUT2D eigenvalue weighted by molar-refractivity contribution is 1.20. The first-order valence-corrected chi connectivity index (χ1v) is 8.27. The van der Waals surface area contributed by atoms with Crippen LogP contribution in [0.3, 0.4) is 0 Å². The Labute approximate surface area is 78.4 Å². The van der Waals surface area contributed by atoms with Gasteiger partial charge in [0.15, 0.2) is 0 Å². The van der Waals surface area contributed by atoms with Crippen molar-refractivity contribution in [3.05, 3.63) is 23.3 Å². The molecule has 0 aromatic rings. The molecular formula is C11H22Si. The van der Waals surface area contributed by atoms with Gasteiger partial charge in [0, 0.05) is 8.07 Å². The molecule has 0 nitrogen and oxygen atoms in total. The molecule has 0 saturated heterocycles. The SMILES string of the molecule is C=C(C)C(C[Si](C)(C)C)=C(C)C. The summed E-state index contributed by atoms with van der Waals surface area (Å²) in [4.78, 5) is 0. The zero-order chi connectivity index (χ0) is 9.94. The lowest BCUT2D eigenvalue weighted by atomic mass is 10.1. The number of hydrogen-bond acceptors (Lipinski definition) is 0. The zero-order valence-electron chi connectivity index (χ0n) is 9.41. The molecule has 0 saturated carbocycles. The highest BCUT2D eigenvalue weighted by atomic mass is 28.3. The Kier molecular flexibility index (Phi) is 3.98. The van der Waals surface area contributed by atoms with Gasteiger partial charge in [-0.3, -0.25) is 0 Å². The molecule has 0 rings (SSSR count). The Morgan fingerprint density at radius 2 is 1.50 bits per heavy atom. The van der Waals surface area contributed by atoms with Crippen molar-refractivity contribution in [2.24, 2.45) is 0 Å². The smallest absolute Gasteiger partial charge is 0.0487 e. The van der Waals surface area contributed by atoms with Crippen LogP contribution in [0, 0.1) is 0 Å². The molecule has 0 aliphatic heterocycles. The molecule has 0 amide bonds. The summed E-state index contributed by atoms with van der Waals surface area (Å²) in [6, 6.07) is 1.27. The van der Waals surface area contributed by atoms with Gasteiger partial charge < -0.3 is 0 Å². The van der Waals surface area contributed by atoms with Gasteiger partial charge in [-0.2, -0.15) is 0 Å². The third-order valence-corrected chi connectivity index (χ3v) is 3.24. The van der Waals surface area contributed by atoms with Gasteiger partial charge in [0.05, 0.1) is 0 Å². The number of hydrogen-bond donors (Lipinski definition) is 0. The van der Waals surface area contributed by atoms with Gasteiger partial charge in [-0.05, 0) is 32.4 Å². The molecule has 0 N–H and O–H groups in total. The fourth-order valence-electron chi connectivity index (χ4n) is 1.28. The maximum atomic E-state index is 4.03. The van der Waals surface area contributed by atoms with E-state index in [0.29, 0.717) is 0 Å². The second-order valence-corrected chi connectivity index (χ2v) is 10.5. The van der Waals surface area contributed by atoms with Gasteiger partial charge in [0.25, 0.3) is 0 Å². The summed E-state index contributed by atoms with van der Waals surface area (Å²) in [6.07, 6.45) is 0. The largest absolute Gasteiger partial charge is 0.0959 e. The molecule has 1 heteroatoms. The standard InChI is InChI=1S/C11H22Si/c1-9(2)11(10(3)4)8-12(5,6)7/h1,8H2,2-7H3. The van der Waals surface area contributed by atoms with E-state index < -0.39 is 8.07 Å². The summed E-state index contributed by atoms with van der Waals surface area (Å²) in [5, 5.41) is 0. The maximum Gasteiger partial charge on any atom is 0.0487 e. The Hall–Kier alpha value is -0.303. The van der Waals surface area contributed by atoms with Crippen molar-refractivity contribution < 1.29 is 0 Å². The molecule has 0 fully saturated rings. The molecule has 0 radical (unpaired) electrons. The van der Waals surface area contributed by atoms with Crippen molar-refractivity contribution in [3.8, 4) is 0 Å². The van der Waals surface area contributed by atoms with Gasteiger partial charge in [0.1, 0.15) is 0 Å². The van der Waals surface area contributed by atoms with Crippen molar-refractivity contribution >= 4 is 8.07 Å². The Morgan fingerprint density at radius 3 is 1.58 bits per heavy atom. The van der Waals surface area contributed by atoms with Crippen molar-refractivity contribution in [2.45, 2.75) is 46.5 Å². The van der Waals surface area contributed by atoms with Crippen molar-refractivity contribution in [3.63, 3.8) is 0 Å². The van der Waals surface area contributed by atoms with Crippen LogP contribution in [0.5, 0.6) is 0 Å². The summed E-state index contributed by atoms with van der Waals surface area (Å²) >= 11 is 0. The minimum Gasteiger partial charge on any atom is -0.0959 e. The minimum absolute atomic E-state index is 0.965. The third kappa shape index (κ3) is 4.55. The molecule has 0 aromatic heterocycles. The van der Waals surface area contributed by atoms with Crippen LogP contribution in [0.1, 0.15) is 20.8 Å². The lowest BCUT2D eigenvalue weighted by Gasteiger charge is -2.20. The van der Waals surface area contributed by atoms with Crippen molar-refractivity contribution in [1.82, 2.24) is 0 Å². The average Bonchev–Trinajstić information content (AvgIpc) is 1.79. The van der Waals surface area contributed by atoms with Crippen LogP contribution in [0.4, 0.5) is 0 Å². The fraction of sp³-hybridized carbons (Fsp3) is 0.636. The monoisotopic (exact) mass is 182 g/mol. The van der Waals surface area contributed by atoms with E-state index in [-0.39, 0.29) is 0 Å². The summed E-state index contributed by atoms with van der Waals surface area (Å²) in [5.74, 6) is 0. The van der Waals surface area contributed by atoms with Crippen molar-refractivity contribution in [2.75, 3.05) is 0 Å². The quantitative estimate of drug-likeness (QED) is 0.452. The third-order valence-electron chi connectivity index (χ3n) is 1.83. The van der Waals surface area contributed by atoms with E-state index in [0.717, 1.165) is 0 Å². The minimum atomic E-state index is -0.965. The molecule has 12 heavy (non-hydrogen) atoms. The predicted octanol–water partition coefficient (Wildman–Crippen LogP) is 4.24. The maximum absolute atomic E-state index is 4.03. The van der Waals surface area contributed by atoms with E-state index >= 15 is 0 Å². The molecule has 0 atom stereocenters. The summed E-state index contributed by atoms with van der Waals surface area (Å²) < 4.78 is 0. The molecule has 0 aliphatic rings. The van der Waals surface area contributed by atoms with E-state index in [4.69, 9.17) is 0 Å². The van der Waals surface area contributed by atoms with E-state index in [2.05, 4.69) is 47.0 Å².